The summed E-state index contributed by atoms with van der Waals surface area (Å²) in [5.74, 6) is -0.188. The van der Waals surface area contributed by atoms with Crippen LogP contribution in [0.3, 0.4) is 0 Å². The molecule has 0 radical (unpaired) electrons. The highest BCUT2D eigenvalue weighted by Crippen LogP contribution is 2.27. The van der Waals surface area contributed by atoms with Gasteiger partial charge in [-0.2, -0.15) is 0 Å². The molecular weight excluding hydrogens is 240 g/mol. The summed E-state index contributed by atoms with van der Waals surface area (Å²) in [6.45, 7) is 4.02. The van der Waals surface area contributed by atoms with Crippen molar-refractivity contribution in [2.45, 2.75) is 13.8 Å². The average molecular weight is 254 g/mol. The Kier molecular flexibility index (Phi) is 4.47. The lowest BCUT2D eigenvalue weighted by atomic mass is 10.2. The Morgan fingerprint density at radius 3 is 2.72 bits per heavy atom. The highest BCUT2D eigenvalue weighted by atomic mass is 16.6. The highest BCUT2D eigenvalue weighted by Gasteiger charge is 2.12. The minimum Gasteiger partial charge on any atom is -0.506 e. The highest BCUT2D eigenvalue weighted by molar-refractivity contribution is 5.86. The predicted molar refractivity (Wildman–Crippen MR) is 64.6 cm³/mol. The van der Waals surface area contributed by atoms with E-state index in [1.807, 2.05) is 13.8 Å². The van der Waals surface area contributed by atoms with E-state index in [4.69, 9.17) is 4.74 Å². The molecule has 7 heteroatoms. The molecule has 0 bridgehead atoms. The summed E-state index contributed by atoms with van der Waals surface area (Å²) in [6.07, 6.45) is -0.715. The average Bonchev–Trinajstić information content (AvgIpc) is 2.29. The number of hydrogen-bond acceptors (Lipinski definition) is 5. The van der Waals surface area contributed by atoms with E-state index in [0.717, 1.165) is 6.07 Å². The number of amides is 1. The largest absolute Gasteiger partial charge is 0.506 e. The molecular formula is C11H14N2O5. The van der Waals surface area contributed by atoms with Crippen molar-refractivity contribution in [3.05, 3.63) is 28.3 Å². The molecule has 0 aromatic heterocycles. The molecule has 0 aliphatic rings. The monoisotopic (exact) mass is 254 g/mol. The Balaban J connectivity index is 2.68. The third kappa shape index (κ3) is 3.93. The van der Waals surface area contributed by atoms with Crippen molar-refractivity contribution in [2.24, 2.45) is 5.92 Å². The summed E-state index contributed by atoms with van der Waals surface area (Å²) >= 11 is 0. The zero-order valence-electron chi connectivity index (χ0n) is 10.0. The van der Waals surface area contributed by atoms with Gasteiger partial charge in [-0.15, -0.1) is 0 Å². The number of hydrogen-bond donors (Lipinski definition) is 2. The number of phenolic OH excluding ortho intramolecular Hbond substituents is 1. The fraction of sp³-hybridized carbons (Fsp3) is 0.364. The summed E-state index contributed by atoms with van der Waals surface area (Å²) in [5.41, 5.74) is -0.192. The number of ether oxygens (including phenoxy) is 1. The molecule has 0 saturated carbocycles. The van der Waals surface area contributed by atoms with Crippen molar-refractivity contribution in [1.29, 1.82) is 0 Å². The van der Waals surface area contributed by atoms with Gasteiger partial charge >= 0.3 is 6.09 Å². The molecule has 0 aliphatic carbocycles. The lowest BCUT2D eigenvalue weighted by molar-refractivity contribution is -0.384. The van der Waals surface area contributed by atoms with Crippen LogP contribution in [0.4, 0.5) is 16.2 Å². The van der Waals surface area contributed by atoms with Crippen LogP contribution in [0.1, 0.15) is 13.8 Å². The Bertz CT molecular complexity index is 459. The molecule has 0 fully saturated rings. The van der Waals surface area contributed by atoms with Crippen LogP contribution in [0.5, 0.6) is 5.75 Å². The van der Waals surface area contributed by atoms with Gasteiger partial charge in [0.2, 0.25) is 0 Å². The Morgan fingerprint density at radius 2 is 2.22 bits per heavy atom. The van der Waals surface area contributed by atoms with E-state index in [-0.39, 0.29) is 29.6 Å². The van der Waals surface area contributed by atoms with Crippen molar-refractivity contribution in [1.82, 2.24) is 0 Å². The van der Waals surface area contributed by atoms with Gasteiger partial charge in [-0.25, -0.2) is 4.79 Å². The standard InChI is InChI=1S/C11H14N2O5/c1-7(2)6-18-11(15)12-9-4-3-8(13(16)17)5-10(9)14/h3-5,7,14H,6H2,1-2H3,(H,12,15). The molecule has 0 aliphatic heterocycles. The number of rotatable bonds is 4. The summed E-state index contributed by atoms with van der Waals surface area (Å²) in [4.78, 5) is 21.1. The van der Waals surface area contributed by atoms with Gasteiger partial charge in [0, 0.05) is 6.07 Å². The molecule has 0 saturated heterocycles. The molecule has 18 heavy (non-hydrogen) atoms. The topological polar surface area (TPSA) is 102 Å². The quantitative estimate of drug-likeness (QED) is 0.488. The van der Waals surface area contributed by atoms with Crippen molar-refractivity contribution in [2.75, 3.05) is 11.9 Å². The first-order valence-corrected chi connectivity index (χ1v) is 5.31. The molecule has 98 valence electrons. The number of nitro groups is 1. The van der Waals surface area contributed by atoms with Crippen LogP contribution in [0.25, 0.3) is 0 Å². The summed E-state index contributed by atoms with van der Waals surface area (Å²) in [7, 11) is 0. The molecule has 0 atom stereocenters. The maximum Gasteiger partial charge on any atom is 0.411 e. The lowest BCUT2D eigenvalue weighted by Gasteiger charge is -2.09. The molecule has 1 rings (SSSR count). The van der Waals surface area contributed by atoms with E-state index in [0.29, 0.717) is 0 Å². The second kappa shape index (κ2) is 5.85. The van der Waals surface area contributed by atoms with E-state index in [1.54, 1.807) is 0 Å². The number of carbonyl (C=O) groups excluding carboxylic acids is 1. The first-order valence-electron chi connectivity index (χ1n) is 5.31. The Morgan fingerprint density at radius 1 is 1.56 bits per heavy atom. The van der Waals surface area contributed by atoms with Crippen LogP contribution in [-0.4, -0.2) is 22.7 Å². The summed E-state index contributed by atoms with van der Waals surface area (Å²) in [5, 5.41) is 22.2. The third-order valence-corrected chi connectivity index (χ3v) is 1.98. The SMILES string of the molecule is CC(C)COC(=O)Nc1ccc([N+](=O)[O-])cc1O. The van der Waals surface area contributed by atoms with Gasteiger partial charge in [-0.05, 0) is 12.0 Å². The second-order valence-corrected chi connectivity index (χ2v) is 4.08. The molecule has 2 N–H and O–H groups in total. The number of aromatic hydroxyl groups is 1. The molecule has 1 amide bonds. The van der Waals surface area contributed by atoms with Crippen LogP contribution < -0.4 is 5.32 Å². The minimum atomic E-state index is -0.715. The van der Waals surface area contributed by atoms with Crippen molar-refractivity contribution < 1.29 is 19.6 Å². The predicted octanol–water partition coefficient (Wildman–Crippen LogP) is 2.50. The summed E-state index contributed by atoms with van der Waals surface area (Å²) < 4.78 is 4.85. The lowest BCUT2D eigenvalue weighted by Crippen LogP contribution is -2.16. The molecule has 7 nitrogen and oxygen atoms in total. The van der Waals surface area contributed by atoms with E-state index in [2.05, 4.69) is 5.32 Å². The fourth-order valence-electron chi connectivity index (χ4n) is 1.13. The zero-order chi connectivity index (χ0) is 13.7. The van der Waals surface area contributed by atoms with E-state index < -0.39 is 11.0 Å². The summed E-state index contributed by atoms with van der Waals surface area (Å²) in [6, 6.07) is 3.37. The van der Waals surface area contributed by atoms with Crippen LogP contribution in [0, 0.1) is 16.0 Å². The van der Waals surface area contributed by atoms with Gasteiger partial charge in [0.15, 0.2) is 0 Å². The maximum atomic E-state index is 11.3. The Hall–Kier alpha value is -2.31. The van der Waals surface area contributed by atoms with Crippen LogP contribution in [0.2, 0.25) is 0 Å². The van der Waals surface area contributed by atoms with Crippen LogP contribution >= 0.6 is 0 Å². The number of carbonyl (C=O) groups is 1. The molecule has 0 heterocycles. The van der Waals surface area contributed by atoms with Gasteiger partial charge in [0.05, 0.1) is 23.3 Å². The minimum absolute atomic E-state index is 0.0642. The van der Waals surface area contributed by atoms with Gasteiger partial charge in [0.1, 0.15) is 5.75 Å². The maximum absolute atomic E-state index is 11.3. The number of nitrogens with one attached hydrogen (secondary N) is 1. The van der Waals surface area contributed by atoms with Crippen molar-refractivity contribution in [3.63, 3.8) is 0 Å². The fourth-order valence-corrected chi connectivity index (χ4v) is 1.13. The number of nitro benzene ring substituents is 1. The smallest absolute Gasteiger partial charge is 0.411 e. The van der Waals surface area contributed by atoms with E-state index in [9.17, 15) is 20.0 Å². The second-order valence-electron chi connectivity index (χ2n) is 4.08. The molecule has 0 spiro atoms. The first-order chi connectivity index (χ1) is 8.40. The normalized spacial score (nSPS) is 10.2. The number of benzene rings is 1. The van der Waals surface area contributed by atoms with Gasteiger partial charge < -0.3 is 9.84 Å². The van der Waals surface area contributed by atoms with Crippen LogP contribution in [-0.2, 0) is 4.74 Å². The van der Waals surface area contributed by atoms with Gasteiger partial charge in [0.25, 0.3) is 5.69 Å². The molecule has 0 unspecified atom stereocenters. The van der Waals surface area contributed by atoms with Crippen molar-refractivity contribution >= 4 is 17.5 Å². The molecule has 1 aromatic carbocycles. The Labute approximate surface area is 104 Å². The molecule has 1 aromatic rings. The number of nitrogens with zero attached hydrogens (tertiary/aromatic N) is 1. The number of non-ortho nitro benzene ring substituents is 1. The van der Waals surface area contributed by atoms with Crippen molar-refractivity contribution in [3.8, 4) is 5.75 Å². The van der Waals surface area contributed by atoms with Gasteiger partial charge in [-0.1, -0.05) is 13.8 Å². The number of phenols is 1. The van der Waals surface area contributed by atoms with Crippen LogP contribution in [0.15, 0.2) is 18.2 Å². The first kappa shape index (κ1) is 13.8. The zero-order valence-corrected chi connectivity index (χ0v) is 10.0. The van der Waals surface area contributed by atoms with E-state index >= 15 is 0 Å². The number of anilines is 1. The van der Waals surface area contributed by atoms with Gasteiger partial charge in [-0.3, -0.25) is 15.4 Å². The third-order valence-electron chi connectivity index (χ3n) is 1.98. The van der Waals surface area contributed by atoms with E-state index in [1.165, 1.54) is 12.1 Å².